The van der Waals surface area contributed by atoms with E-state index in [4.69, 9.17) is 11.5 Å². The first kappa shape index (κ1) is 12.8. The number of pyridine rings is 1. The molecule has 0 aliphatic carbocycles. The van der Waals surface area contributed by atoms with Gasteiger partial charge in [-0.3, -0.25) is 4.79 Å². The number of anilines is 2. The molecular formula is C10H15BrN4O. The summed E-state index contributed by atoms with van der Waals surface area (Å²) in [6.07, 6.45) is 1.84. The fourth-order valence-electron chi connectivity index (χ4n) is 1.28. The van der Waals surface area contributed by atoms with Gasteiger partial charge in [-0.2, -0.15) is 0 Å². The van der Waals surface area contributed by atoms with Gasteiger partial charge in [0.05, 0.1) is 16.4 Å². The van der Waals surface area contributed by atoms with Crippen LogP contribution < -0.4 is 16.8 Å². The number of halogens is 1. The second-order valence-electron chi connectivity index (χ2n) is 3.72. The van der Waals surface area contributed by atoms with Crippen LogP contribution in [-0.4, -0.2) is 16.9 Å². The maximum atomic E-state index is 10.7. The van der Waals surface area contributed by atoms with Crippen LogP contribution in [0.5, 0.6) is 0 Å². The van der Waals surface area contributed by atoms with Gasteiger partial charge < -0.3 is 16.8 Å². The van der Waals surface area contributed by atoms with Crippen LogP contribution in [0.25, 0.3) is 0 Å². The molecule has 1 rings (SSSR count). The number of rotatable bonds is 4. The van der Waals surface area contributed by atoms with Crippen molar-refractivity contribution >= 4 is 33.3 Å². The number of primary amides is 1. The minimum absolute atomic E-state index is 0.0654. The van der Waals surface area contributed by atoms with Crippen molar-refractivity contribution in [3.05, 3.63) is 16.2 Å². The topological polar surface area (TPSA) is 94.0 Å². The second-order valence-corrected chi connectivity index (χ2v) is 4.51. The molecule has 0 aromatic carbocycles. The lowest BCUT2D eigenvalue weighted by Gasteiger charge is -2.15. The average molecular weight is 287 g/mol. The summed E-state index contributed by atoms with van der Waals surface area (Å²) in [4.78, 5) is 14.9. The minimum atomic E-state index is -0.344. The summed E-state index contributed by atoms with van der Waals surface area (Å²) in [6.45, 7) is 3.76. The van der Waals surface area contributed by atoms with Gasteiger partial charge in [0.15, 0.2) is 0 Å². The first-order chi connectivity index (χ1) is 7.41. The average Bonchev–Trinajstić information content (AvgIpc) is 2.18. The normalized spacial score (nSPS) is 12.2. The first-order valence-corrected chi connectivity index (χ1v) is 5.66. The lowest BCUT2D eigenvalue weighted by Crippen LogP contribution is -2.24. The van der Waals surface area contributed by atoms with Crippen LogP contribution in [-0.2, 0) is 4.79 Å². The van der Waals surface area contributed by atoms with Crippen molar-refractivity contribution < 1.29 is 4.79 Å². The Morgan fingerprint density at radius 1 is 1.69 bits per heavy atom. The smallest absolute Gasteiger partial charge is 0.219 e. The maximum Gasteiger partial charge on any atom is 0.219 e. The number of nitrogens with one attached hydrogen (secondary N) is 1. The highest BCUT2D eigenvalue weighted by molar-refractivity contribution is 9.10. The fourth-order valence-corrected chi connectivity index (χ4v) is 1.72. The van der Waals surface area contributed by atoms with E-state index in [-0.39, 0.29) is 18.4 Å². The molecule has 0 saturated heterocycles. The van der Waals surface area contributed by atoms with Crippen LogP contribution >= 0.6 is 15.9 Å². The molecule has 0 spiro atoms. The summed E-state index contributed by atoms with van der Waals surface area (Å²) >= 11 is 3.40. The molecule has 0 saturated carbocycles. The monoisotopic (exact) mass is 286 g/mol. The molecule has 1 aromatic rings. The zero-order chi connectivity index (χ0) is 12.3. The van der Waals surface area contributed by atoms with Gasteiger partial charge in [-0.05, 0) is 35.3 Å². The highest BCUT2D eigenvalue weighted by Gasteiger charge is 2.11. The molecule has 0 aliphatic heterocycles. The summed E-state index contributed by atoms with van der Waals surface area (Å²) in [6, 6.07) is -0.0654. The Morgan fingerprint density at radius 2 is 2.31 bits per heavy atom. The number of nitrogens with two attached hydrogens (primary N) is 2. The number of amides is 1. The Balaban J connectivity index is 2.82. The van der Waals surface area contributed by atoms with E-state index in [1.807, 2.05) is 13.8 Å². The van der Waals surface area contributed by atoms with Crippen LogP contribution in [0.15, 0.2) is 10.7 Å². The van der Waals surface area contributed by atoms with Gasteiger partial charge in [-0.15, -0.1) is 0 Å². The predicted molar refractivity (Wildman–Crippen MR) is 68.0 cm³/mol. The van der Waals surface area contributed by atoms with E-state index in [1.54, 1.807) is 6.20 Å². The van der Waals surface area contributed by atoms with Crippen molar-refractivity contribution in [3.63, 3.8) is 0 Å². The van der Waals surface area contributed by atoms with E-state index < -0.39 is 0 Å². The summed E-state index contributed by atoms with van der Waals surface area (Å²) in [5, 5.41) is 3.10. The highest BCUT2D eigenvalue weighted by Crippen LogP contribution is 2.28. The molecule has 0 radical (unpaired) electrons. The molecule has 0 bridgehead atoms. The maximum absolute atomic E-state index is 10.7. The number of carbonyl (C=O) groups excluding carboxylic acids is 1. The molecule has 1 atom stereocenters. The van der Waals surface area contributed by atoms with Gasteiger partial charge in [-0.25, -0.2) is 4.98 Å². The second kappa shape index (κ2) is 5.16. The summed E-state index contributed by atoms with van der Waals surface area (Å²) in [7, 11) is 0. The van der Waals surface area contributed by atoms with Crippen LogP contribution in [0.2, 0.25) is 0 Å². The van der Waals surface area contributed by atoms with Crippen molar-refractivity contribution in [1.82, 2.24) is 4.98 Å². The van der Waals surface area contributed by atoms with Gasteiger partial charge >= 0.3 is 0 Å². The molecule has 5 nitrogen and oxygen atoms in total. The van der Waals surface area contributed by atoms with E-state index in [0.29, 0.717) is 11.5 Å². The molecule has 5 N–H and O–H groups in total. The van der Waals surface area contributed by atoms with Crippen molar-refractivity contribution in [2.24, 2.45) is 5.73 Å². The van der Waals surface area contributed by atoms with Crippen molar-refractivity contribution in [3.8, 4) is 0 Å². The minimum Gasteiger partial charge on any atom is -0.397 e. The molecule has 1 aromatic heterocycles. The number of carbonyl (C=O) groups is 1. The number of aromatic nitrogens is 1. The van der Waals surface area contributed by atoms with E-state index >= 15 is 0 Å². The van der Waals surface area contributed by atoms with Crippen molar-refractivity contribution in [1.29, 1.82) is 0 Å². The summed E-state index contributed by atoms with van der Waals surface area (Å²) in [5.41, 5.74) is 12.4. The molecule has 1 unspecified atom stereocenters. The third kappa shape index (κ3) is 3.10. The quantitative estimate of drug-likeness (QED) is 0.780. The zero-order valence-electron chi connectivity index (χ0n) is 9.25. The molecular weight excluding hydrogens is 272 g/mol. The van der Waals surface area contributed by atoms with Gasteiger partial charge in [0.25, 0.3) is 0 Å². The van der Waals surface area contributed by atoms with Gasteiger partial charge in [-0.1, -0.05) is 0 Å². The Kier molecular flexibility index (Phi) is 4.12. The van der Waals surface area contributed by atoms with Gasteiger partial charge in [0, 0.05) is 12.5 Å². The van der Waals surface area contributed by atoms with E-state index in [2.05, 4.69) is 26.2 Å². The molecule has 1 heterocycles. The highest BCUT2D eigenvalue weighted by atomic mass is 79.9. The third-order valence-electron chi connectivity index (χ3n) is 2.19. The van der Waals surface area contributed by atoms with Crippen LogP contribution in [0.4, 0.5) is 11.5 Å². The van der Waals surface area contributed by atoms with Crippen LogP contribution in [0, 0.1) is 6.92 Å². The summed E-state index contributed by atoms with van der Waals surface area (Å²) in [5.74, 6) is 0.323. The largest absolute Gasteiger partial charge is 0.397 e. The van der Waals surface area contributed by atoms with E-state index in [9.17, 15) is 4.79 Å². The van der Waals surface area contributed by atoms with Crippen molar-refractivity contribution in [2.45, 2.75) is 26.3 Å². The molecule has 0 fully saturated rings. The SMILES string of the molecule is Cc1c(N)cnc(NC(C)CC(N)=O)c1Br. The van der Waals surface area contributed by atoms with Gasteiger partial charge in [0.2, 0.25) is 5.91 Å². The predicted octanol–water partition coefficient (Wildman–Crippen LogP) is 1.41. The lowest BCUT2D eigenvalue weighted by molar-refractivity contribution is -0.118. The third-order valence-corrected chi connectivity index (χ3v) is 3.16. The van der Waals surface area contributed by atoms with Crippen LogP contribution in [0.3, 0.4) is 0 Å². The summed E-state index contributed by atoms with van der Waals surface area (Å²) < 4.78 is 0.809. The van der Waals surface area contributed by atoms with Crippen molar-refractivity contribution in [2.75, 3.05) is 11.1 Å². The van der Waals surface area contributed by atoms with E-state index in [1.165, 1.54) is 0 Å². The van der Waals surface area contributed by atoms with Crippen LogP contribution in [0.1, 0.15) is 18.9 Å². The Bertz CT molecular complexity index is 408. The molecule has 1 amide bonds. The molecule has 0 aliphatic rings. The number of hydrogen-bond acceptors (Lipinski definition) is 4. The number of hydrogen-bond donors (Lipinski definition) is 3. The molecule has 16 heavy (non-hydrogen) atoms. The number of nitrogens with zero attached hydrogens (tertiary/aromatic N) is 1. The Morgan fingerprint density at radius 3 is 2.88 bits per heavy atom. The van der Waals surface area contributed by atoms with Gasteiger partial charge in [0.1, 0.15) is 5.82 Å². The number of nitrogen functional groups attached to an aromatic ring is 1. The molecule has 88 valence electrons. The molecule has 6 heteroatoms. The Hall–Kier alpha value is -1.30. The Labute approximate surface area is 103 Å². The standard InChI is InChI=1S/C10H15BrN4O/c1-5(3-8(13)16)15-10-9(11)6(2)7(12)4-14-10/h4-5H,3,12H2,1-2H3,(H2,13,16)(H,14,15). The fraction of sp³-hybridized carbons (Fsp3) is 0.400. The van der Waals surface area contributed by atoms with E-state index in [0.717, 1.165) is 10.0 Å². The first-order valence-electron chi connectivity index (χ1n) is 4.87. The lowest BCUT2D eigenvalue weighted by atomic mass is 10.2. The zero-order valence-corrected chi connectivity index (χ0v) is 10.8.